The highest BCUT2D eigenvalue weighted by atomic mass is 16.5. The fourth-order valence-corrected chi connectivity index (χ4v) is 4.51. The molecular formula is C30H38N6O4. The van der Waals surface area contributed by atoms with Gasteiger partial charge in [-0.25, -0.2) is 4.98 Å². The first kappa shape index (κ1) is 29.0. The summed E-state index contributed by atoms with van der Waals surface area (Å²) >= 11 is 0. The van der Waals surface area contributed by atoms with Crippen LogP contribution in [0.15, 0.2) is 73.2 Å². The van der Waals surface area contributed by atoms with Crippen LogP contribution in [0.5, 0.6) is 0 Å². The molecule has 1 saturated heterocycles. The average Bonchev–Trinajstić information content (AvgIpc) is 3.64. The van der Waals surface area contributed by atoms with Crippen LogP contribution in [0.2, 0.25) is 0 Å². The number of hydrogen-bond acceptors (Lipinski definition) is 6. The maximum Gasteiger partial charge on any atom is 0.250 e. The monoisotopic (exact) mass is 546 g/mol. The third-order valence-corrected chi connectivity index (χ3v) is 6.83. The van der Waals surface area contributed by atoms with Crippen LogP contribution in [0.4, 0.5) is 5.82 Å². The van der Waals surface area contributed by atoms with E-state index in [9.17, 15) is 14.4 Å². The van der Waals surface area contributed by atoms with E-state index in [0.717, 1.165) is 37.1 Å². The first-order chi connectivity index (χ1) is 19.2. The Labute approximate surface area is 234 Å². The number of imidazole rings is 1. The van der Waals surface area contributed by atoms with Gasteiger partial charge in [0.15, 0.2) is 5.82 Å². The molecule has 10 nitrogen and oxygen atoms in total. The van der Waals surface area contributed by atoms with E-state index in [2.05, 4.69) is 15.6 Å². The topological polar surface area (TPSA) is 132 Å². The lowest BCUT2D eigenvalue weighted by Crippen LogP contribution is -2.56. The number of nitrogens with zero attached hydrogens (tertiary/aromatic N) is 3. The average molecular weight is 547 g/mol. The molecule has 1 fully saturated rings. The molecule has 1 unspecified atom stereocenters. The number of nitrogens with one attached hydrogen (secondary N) is 2. The molecule has 3 aromatic rings. The first-order valence-corrected chi connectivity index (χ1v) is 13.6. The Balaban J connectivity index is 1.46. The zero-order valence-electron chi connectivity index (χ0n) is 23.1. The number of benzene rings is 2. The molecule has 4 rings (SSSR count). The number of nitrogens with two attached hydrogens (primary N) is 1. The number of aromatic nitrogens is 2. The molecule has 212 valence electrons. The van der Waals surface area contributed by atoms with Crippen LogP contribution in [-0.2, 0) is 25.7 Å². The van der Waals surface area contributed by atoms with Crippen molar-refractivity contribution in [2.75, 3.05) is 25.0 Å². The minimum atomic E-state index is -1.18. The maximum atomic E-state index is 13.3. The van der Waals surface area contributed by atoms with Crippen molar-refractivity contribution in [3.63, 3.8) is 0 Å². The number of carbonyl (C=O) groups is 3. The number of likely N-dealkylation sites (tertiary alicyclic amines) is 1. The zero-order chi connectivity index (χ0) is 28.5. The summed E-state index contributed by atoms with van der Waals surface area (Å²) in [6.07, 6.45) is 5.63. The Morgan fingerprint density at radius 2 is 1.68 bits per heavy atom. The van der Waals surface area contributed by atoms with Crippen LogP contribution < -0.4 is 16.4 Å². The molecule has 10 heteroatoms. The van der Waals surface area contributed by atoms with E-state index in [4.69, 9.17) is 10.5 Å². The van der Waals surface area contributed by atoms with Crippen LogP contribution >= 0.6 is 0 Å². The van der Waals surface area contributed by atoms with Gasteiger partial charge in [-0.15, -0.1) is 0 Å². The highest BCUT2D eigenvalue weighted by Crippen LogP contribution is 2.25. The van der Waals surface area contributed by atoms with Gasteiger partial charge in [0.2, 0.25) is 11.8 Å². The first-order valence-electron chi connectivity index (χ1n) is 13.6. The van der Waals surface area contributed by atoms with Gasteiger partial charge in [0.25, 0.3) is 5.91 Å². The van der Waals surface area contributed by atoms with Crippen molar-refractivity contribution < 1.29 is 19.1 Å². The van der Waals surface area contributed by atoms with Gasteiger partial charge in [0.1, 0.15) is 6.04 Å². The summed E-state index contributed by atoms with van der Waals surface area (Å²) in [4.78, 5) is 45.2. The molecule has 0 spiro atoms. The summed E-state index contributed by atoms with van der Waals surface area (Å²) in [7, 11) is 0. The predicted molar refractivity (Wildman–Crippen MR) is 152 cm³/mol. The molecule has 3 amide bonds. The second-order valence-corrected chi connectivity index (χ2v) is 10.7. The van der Waals surface area contributed by atoms with E-state index in [1.54, 1.807) is 26.4 Å². The Hall–Kier alpha value is -4.02. The molecule has 0 aliphatic carbocycles. The summed E-state index contributed by atoms with van der Waals surface area (Å²) in [5.41, 5.74) is 6.68. The molecular weight excluding hydrogens is 508 g/mol. The van der Waals surface area contributed by atoms with Crippen molar-refractivity contribution in [2.24, 2.45) is 5.73 Å². The molecule has 0 radical (unpaired) electrons. The largest absolute Gasteiger partial charge is 0.374 e. The van der Waals surface area contributed by atoms with Gasteiger partial charge in [0.05, 0.1) is 37.5 Å². The van der Waals surface area contributed by atoms with E-state index >= 15 is 0 Å². The Bertz CT molecular complexity index is 1270. The molecule has 1 aliphatic rings. The number of rotatable bonds is 12. The molecule has 0 saturated carbocycles. The van der Waals surface area contributed by atoms with Crippen LogP contribution in [-0.4, -0.2) is 63.4 Å². The van der Waals surface area contributed by atoms with E-state index < -0.39 is 23.4 Å². The summed E-state index contributed by atoms with van der Waals surface area (Å²) in [5.74, 6) is -0.575. The summed E-state index contributed by atoms with van der Waals surface area (Å²) in [6, 6.07) is 18.0. The van der Waals surface area contributed by atoms with Crippen LogP contribution in [0.3, 0.4) is 0 Å². The number of carbonyl (C=O) groups excluding carboxylic acids is 3. The van der Waals surface area contributed by atoms with E-state index in [0.29, 0.717) is 5.82 Å². The van der Waals surface area contributed by atoms with E-state index in [-0.39, 0.29) is 31.6 Å². The predicted octanol–water partition coefficient (Wildman–Crippen LogP) is 2.86. The van der Waals surface area contributed by atoms with Gasteiger partial charge < -0.3 is 30.6 Å². The number of ether oxygens (including phenoxy) is 1. The standard InChI is InChI=1S/C30H38N6O4/c1-30(2,31)29(39)33-24(20-40-19-22-11-5-3-6-12-22)28(38)34-26-18-36(21-32-26)25(23-13-7-4-8-14-23)17-27(37)35-15-9-10-16-35/h3-8,11-14,18,21,24-25H,9-10,15-17,19-20,31H2,1-2H3,(H,33,39)(H,34,38)/t24-,25?/m1/s1. The summed E-state index contributed by atoms with van der Waals surface area (Å²) in [6.45, 7) is 4.92. The third-order valence-electron chi connectivity index (χ3n) is 6.83. The van der Waals surface area contributed by atoms with Crippen molar-refractivity contribution in [2.45, 2.75) is 57.3 Å². The van der Waals surface area contributed by atoms with Crippen LogP contribution in [0.1, 0.15) is 50.3 Å². The smallest absolute Gasteiger partial charge is 0.250 e. The molecule has 2 atom stereocenters. The van der Waals surface area contributed by atoms with Gasteiger partial charge in [0, 0.05) is 19.3 Å². The minimum absolute atomic E-state index is 0.0553. The SMILES string of the molecule is CC(C)(N)C(=O)N[C@H](COCc1ccccc1)C(=O)Nc1cn(C(CC(=O)N2CCCC2)c2ccccc2)cn1. The van der Waals surface area contributed by atoms with E-state index in [1.165, 1.54) is 0 Å². The van der Waals surface area contributed by atoms with Crippen molar-refractivity contribution in [3.8, 4) is 0 Å². The third kappa shape index (κ3) is 8.00. The normalized spacial score (nSPS) is 14.9. The minimum Gasteiger partial charge on any atom is -0.374 e. The van der Waals surface area contributed by atoms with Crippen molar-refractivity contribution in [1.29, 1.82) is 0 Å². The van der Waals surface area contributed by atoms with E-state index in [1.807, 2.05) is 70.1 Å². The van der Waals surface area contributed by atoms with Gasteiger partial charge in [-0.3, -0.25) is 14.4 Å². The van der Waals surface area contributed by atoms with Crippen LogP contribution in [0, 0.1) is 0 Å². The highest BCUT2D eigenvalue weighted by molar-refractivity contribution is 5.98. The number of hydrogen-bond donors (Lipinski definition) is 3. The number of anilines is 1. The second kappa shape index (κ2) is 13.4. The Morgan fingerprint density at radius 3 is 2.33 bits per heavy atom. The molecule has 40 heavy (non-hydrogen) atoms. The van der Waals surface area contributed by atoms with Gasteiger partial charge in [-0.2, -0.15) is 0 Å². The fraction of sp³-hybridized carbons (Fsp3) is 0.400. The molecule has 2 aromatic carbocycles. The second-order valence-electron chi connectivity index (χ2n) is 10.7. The molecule has 1 aromatic heterocycles. The fourth-order valence-electron chi connectivity index (χ4n) is 4.51. The van der Waals surface area contributed by atoms with Crippen molar-refractivity contribution >= 4 is 23.5 Å². The Morgan fingerprint density at radius 1 is 1.02 bits per heavy atom. The van der Waals surface area contributed by atoms with Crippen molar-refractivity contribution in [3.05, 3.63) is 84.3 Å². The van der Waals surface area contributed by atoms with Gasteiger partial charge in [-0.05, 0) is 37.8 Å². The van der Waals surface area contributed by atoms with Gasteiger partial charge in [-0.1, -0.05) is 60.7 Å². The van der Waals surface area contributed by atoms with Crippen LogP contribution in [0.25, 0.3) is 0 Å². The summed E-state index contributed by atoms with van der Waals surface area (Å²) < 4.78 is 7.60. The van der Waals surface area contributed by atoms with Gasteiger partial charge >= 0.3 is 0 Å². The molecule has 0 bridgehead atoms. The highest BCUT2D eigenvalue weighted by Gasteiger charge is 2.29. The molecule has 2 heterocycles. The Kier molecular flexibility index (Phi) is 9.68. The number of amides is 3. The quantitative estimate of drug-likeness (QED) is 0.320. The molecule has 4 N–H and O–H groups in total. The maximum absolute atomic E-state index is 13.3. The summed E-state index contributed by atoms with van der Waals surface area (Å²) in [5, 5.41) is 5.47. The lowest BCUT2D eigenvalue weighted by molar-refractivity contribution is -0.130. The molecule has 1 aliphatic heterocycles. The van der Waals surface area contributed by atoms with Crippen molar-refractivity contribution in [1.82, 2.24) is 19.8 Å². The lowest BCUT2D eigenvalue weighted by Gasteiger charge is -2.23. The zero-order valence-corrected chi connectivity index (χ0v) is 23.1. The lowest BCUT2D eigenvalue weighted by atomic mass is 10.0.